The minimum Gasteiger partial charge on any atom is -0.321 e. The van der Waals surface area contributed by atoms with E-state index in [-0.39, 0.29) is 11.3 Å². The fraction of sp³-hybridized carbons (Fsp3) is 0.0833. The number of rotatable bonds is 5. The molecule has 3 aromatic carbocycles. The van der Waals surface area contributed by atoms with Crippen LogP contribution in [0.15, 0.2) is 78.4 Å². The predicted octanol–water partition coefficient (Wildman–Crippen LogP) is 6.50. The smallest absolute Gasteiger partial charge is 0.321 e. The lowest BCUT2D eigenvalue weighted by Gasteiger charge is -2.09. The zero-order chi connectivity index (χ0) is 22.4. The Labute approximate surface area is 182 Å². The van der Waals surface area contributed by atoms with Crippen LogP contribution in [0.5, 0.6) is 0 Å². The van der Waals surface area contributed by atoms with Crippen molar-refractivity contribution in [1.82, 2.24) is 0 Å². The van der Waals surface area contributed by atoms with Crippen molar-refractivity contribution in [3.8, 4) is 6.07 Å². The van der Waals surface area contributed by atoms with Gasteiger partial charge >= 0.3 is 6.18 Å². The lowest BCUT2D eigenvalue weighted by Crippen LogP contribution is -2.14. The number of halogens is 4. The van der Waals surface area contributed by atoms with E-state index in [4.69, 9.17) is 11.6 Å². The van der Waals surface area contributed by atoms with Gasteiger partial charge in [-0.25, -0.2) is 0 Å². The lowest BCUT2D eigenvalue weighted by molar-refractivity contribution is -0.137. The fourth-order valence-electron chi connectivity index (χ4n) is 2.88. The van der Waals surface area contributed by atoms with Crippen LogP contribution >= 0.6 is 11.6 Å². The molecule has 0 heterocycles. The summed E-state index contributed by atoms with van der Waals surface area (Å²) in [6.45, 7) is 0. The number of nitrogens with one attached hydrogen (secondary N) is 1. The molecule has 3 nitrogen and oxygen atoms in total. The molecule has 3 rings (SSSR count). The van der Waals surface area contributed by atoms with Gasteiger partial charge in [0.05, 0.1) is 5.56 Å². The molecule has 0 saturated heterocycles. The van der Waals surface area contributed by atoms with Gasteiger partial charge in [0.2, 0.25) is 0 Å². The van der Waals surface area contributed by atoms with Gasteiger partial charge < -0.3 is 5.32 Å². The van der Waals surface area contributed by atoms with Gasteiger partial charge in [-0.1, -0.05) is 60.1 Å². The largest absolute Gasteiger partial charge is 0.416 e. The van der Waals surface area contributed by atoms with Crippen LogP contribution in [-0.2, 0) is 17.4 Å². The van der Waals surface area contributed by atoms with Crippen LogP contribution in [0.25, 0.3) is 6.08 Å². The van der Waals surface area contributed by atoms with E-state index in [1.165, 1.54) is 18.2 Å². The number of anilines is 1. The van der Waals surface area contributed by atoms with Crippen LogP contribution in [0.4, 0.5) is 18.9 Å². The van der Waals surface area contributed by atoms with Gasteiger partial charge in [-0.15, -0.1) is 0 Å². The minimum atomic E-state index is -4.53. The lowest BCUT2D eigenvalue weighted by atomic mass is 10.0. The van der Waals surface area contributed by atoms with E-state index >= 15 is 0 Å². The molecular formula is C24H16ClF3N2O. The van der Waals surface area contributed by atoms with Crippen molar-refractivity contribution in [1.29, 1.82) is 5.26 Å². The highest BCUT2D eigenvalue weighted by Gasteiger charge is 2.30. The standard InChI is InChI=1S/C24H16ClF3N2O/c25-22-7-2-1-4-18(22)12-16-8-10-17(11-9-16)13-19(15-29)23(31)30-21-6-3-5-20(14-21)24(26,27)28/h1-11,13-14H,12H2,(H,30,31)/b19-13+. The Balaban J connectivity index is 1.73. The molecule has 0 bridgehead atoms. The monoisotopic (exact) mass is 440 g/mol. The summed E-state index contributed by atoms with van der Waals surface area (Å²) < 4.78 is 38.5. The molecule has 7 heteroatoms. The van der Waals surface area contributed by atoms with Gasteiger partial charge in [-0.05, 0) is 53.5 Å². The normalized spacial score (nSPS) is 11.6. The van der Waals surface area contributed by atoms with E-state index in [0.29, 0.717) is 17.0 Å². The molecule has 1 amide bonds. The molecule has 0 aliphatic heterocycles. The molecule has 0 aliphatic rings. The second kappa shape index (κ2) is 9.50. The maximum atomic E-state index is 12.8. The number of alkyl halides is 3. The molecule has 31 heavy (non-hydrogen) atoms. The highest BCUT2D eigenvalue weighted by molar-refractivity contribution is 6.31. The first kappa shape index (κ1) is 22.1. The zero-order valence-corrected chi connectivity index (χ0v) is 16.8. The first-order chi connectivity index (χ1) is 14.8. The first-order valence-electron chi connectivity index (χ1n) is 9.19. The average molecular weight is 441 g/mol. The summed E-state index contributed by atoms with van der Waals surface area (Å²) in [4.78, 5) is 12.4. The van der Waals surface area contributed by atoms with Crippen molar-refractivity contribution in [3.05, 3.63) is 106 Å². The third-order valence-electron chi connectivity index (χ3n) is 4.46. The number of hydrogen-bond donors (Lipinski definition) is 1. The van der Waals surface area contributed by atoms with E-state index in [2.05, 4.69) is 5.32 Å². The molecule has 0 aromatic heterocycles. The van der Waals surface area contributed by atoms with Crippen molar-refractivity contribution in [2.45, 2.75) is 12.6 Å². The number of nitriles is 1. The summed E-state index contributed by atoms with van der Waals surface area (Å²) in [7, 11) is 0. The van der Waals surface area contributed by atoms with Gasteiger partial charge in [0.15, 0.2) is 0 Å². The Morgan fingerprint density at radius 3 is 2.39 bits per heavy atom. The number of amides is 1. The van der Waals surface area contributed by atoms with E-state index in [9.17, 15) is 23.2 Å². The molecule has 0 fully saturated rings. The summed E-state index contributed by atoms with van der Waals surface area (Å²) in [5, 5.41) is 12.3. The number of carbonyl (C=O) groups is 1. The molecule has 3 aromatic rings. The Kier molecular flexibility index (Phi) is 6.78. The summed E-state index contributed by atoms with van der Waals surface area (Å²) in [6, 6.07) is 20.7. The number of benzene rings is 3. The van der Waals surface area contributed by atoms with E-state index in [1.807, 2.05) is 36.4 Å². The maximum absolute atomic E-state index is 12.8. The molecule has 0 saturated carbocycles. The highest BCUT2D eigenvalue weighted by Crippen LogP contribution is 2.30. The van der Waals surface area contributed by atoms with Crippen LogP contribution in [0.3, 0.4) is 0 Å². The maximum Gasteiger partial charge on any atom is 0.416 e. The minimum absolute atomic E-state index is 0.0453. The second-order valence-corrected chi connectivity index (χ2v) is 7.12. The summed E-state index contributed by atoms with van der Waals surface area (Å²) >= 11 is 6.18. The van der Waals surface area contributed by atoms with Gasteiger partial charge in [-0.3, -0.25) is 4.79 Å². The Bertz CT molecular complexity index is 1160. The fourth-order valence-corrected chi connectivity index (χ4v) is 3.08. The second-order valence-electron chi connectivity index (χ2n) is 6.71. The number of nitrogens with zero attached hydrogens (tertiary/aromatic N) is 1. The van der Waals surface area contributed by atoms with Gasteiger partial charge in [0.25, 0.3) is 5.91 Å². The molecular weight excluding hydrogens is 425 g/mol. The van der Waals surface area contributed by atoms with Gasteiger partial charge in [-0.2, -0.15) is 18.4 Å². The molecule has 0 radical (unpaired) electrons. The third kappa shape index (κ3) is 5.97. The van der Waals surface area contributed by atoms with Gasteiger partial charge in [0.1, 0.15) is 11.6 Å². The molecule has 156 valence electrons. The Morgan fingerprint density at radius 1 is 1.03 bits per heavy atom. The van der Waals surface area contributed by atoms with Crippen LogP contribution in [0.2, 0.25) is 5.02 Å². The van der Waals surface area contributed by atoms with Crippen LogP contribution in [0, 0.1) is 11.3 Å². The SMILES string of the molecule is N#C/C(=C\c1ccc(Cc2ccccc2Cl)cc1)C(=O)Nc1cccc(C(F)(F)F)c1. The van der Waals surface area contributed by atoms with Crippen LogP contribution in [-0.4, -0.2) is 5.91 Å². The Hall–Kier alpha value is -3.56. The van der Waals surface area contributed by atoms with Crippen molar-refractivity contribution >= 4 is 29.3 Å². The number of carbonyl (C=O) groups excluding carboxylic acids is 1. The first-order valence-corrected chi connectivity index (χ1v) is 9.57. The molecule has 0 spiro atoms. The zero-order valence-electron chi connectivity index (χ0n) is 16.1. The predicted molar refractivity (Wildman–Crippen MR) is 114 cm³/mol. The number of hydrogen-bond acceptors (Lipinski definition) is 2. The van der Waals surface area contributed by atoms with E-state index in [1.54, 1.807) is 18.2 Å². The van der Waals surface area contributed by atoms with Crippen molar-refractivity contribution < 1.29 is 18.0 Å². The summed E-state index contributed by atoms with van der Waals surface area (Å²) in [5.74, 6) is -0.790. The van der Waals surface area contributed by atoms with E-state index in [0.717, 1.165) is 23.3 Å². The quantitative estimate of drug-likeness (QED) is 0.364. The van der Waals surface area contributed by atoms with Crippen LogP contribution < -0.4 is 5.32 Å². The van der Waals surface area contributed by atoms with Crippen molar-refractivity contribution in [2.75, 3.05) is 5.32 Å². The van der Waals surface area contributed by atoms with Gasteiger partial charge in [0, 0.05) is 10.7 Å². The van der Waals surface area contributed by atoms with Crippen molar-refractivity contribution in [3.63, 3.8) is 0 Å². The summed E-state index contributed by atoms with van der Waals surface area (Å²) in [6.07, 6.45) is -2.52. The third-order valence-corrected chi connectivity index (χ3v) is 4.82. The van der Waals surface area contributed by atoms with E-state index < -0.39 is 17.6 Å². The molecule has 0 atom stereocenters. The van der Waals surface area contributed by atoms with Crippen LogP contribution in [0.1, 0.15) is 22.3 Å². The van der Waals surface area contributed by atoms with Crippen molar-refractivity contribution in [2.24, 2.45) is 0 Å². The molecule has 1 N–H and O–H groups in total. The molecule has 0 unspecified atom stereocenters. The highest BCUT2D eigenvalue weighted by atomic mass is 35.5. The topological polar surface area (TPSA) is 52.9 Å². The molecule has 0 aliphatic carbocycles. The Morgan fingerprint density at radius 2 is 1.74 bits per heavy atom. The average Bonchev–Trinajstić information content (AvgIpc) is 2.74. The summed E-state index contributed by atoms with van der Waals surface area (Å²) in [5.41, 5.74) is 1.43.